The standard InChI is InChI=1S/C52H36N4OSi/c1-4-18-38(19-5-1)55-46-27-11-10-25-43(46)44-30-32-49-52(51(44)55)56(50-28-13-15-34-54-50)47-36-40(57-39-20-16-17-37(35-39)45-26-12-14-33-53-45)29-31-48(47)58(49,41-21-6-2-7-22-41)42-23-8-3-9-24-42/h1-36H. The molecule has 0 amide bonds. The lowest BCUT2D eigenvalue weighted by Gasteiger charge is -2.45. The van der Waals surface area contributed by atoms with Gasteiger partial charge in [-0.25, -0.2) is 4.98 Å². The maximum absolute atomic E-state index is 6.82. The summed E-state index contributed by atoms with van der Waals surface area (Å²) in [4.78, 5) is 12.1. The van der Waals surface area contributed by atoms with E-state index in [1.807, 2.05) is 48.8 Å². The summed E-state index contributed by atoms with van der Waals surface area (Å²) in [5.74, 6) is 2.31. The summed E-state index contributed by atoms with van der Waals surface area (Å²) in [6, 6.07) is 73.5. The van der Waals surface area contributed by atoms with E-state index in [4.69, 9.17) is 9.72 Å². The summed E-state index contributed by atoms with van der Waals surface area (Å²) >= 11 is 0. The van der Waals surface area contributed by atoms with E-state index in [1.54, 1.807) is 0 Å². The first kappa shape index (κ1) is 33.8. The van der Waals surface area contributed by atoms with E-state index in [-0.39, 0.29) is 0 Å². The maximum Gasteiger partial charge on any atom is 0.184 e. The average Bonchev–Trinajstić information content (AvgIpc) is 3.64. The lowest BCUT2D eigenvalue weighted by Crippen LogP contribution is -2.77. The van der Waals surface area contributed by atoms with Crippen molar-refractivity contribution in [2.24, 2.45) is 0 Å². The molecule has 58 heavy (non-hydrogen) atoms. The van der Waals surface area contributed by atoms with Crippen LogP contribution in [0, 0.1) is 0 Å². The molecule has 6 heteroatoms. The first-order valence-corrected chi connectivity index (χ1v) is 21.6. The van der Waals surface area contributed by atoms with Gasteiger partial charge in [0.15, 0.2) is 8.07 Å². The van der Waals surface area contributed by atoms with Crippen molar-refractivity contribution in [1.82, 2.24) is 14.5 Å². The van der Waals surface area contributed by atoms with Gasteiger partial charge in [0.05, 0.1) is 28.1 Å². The molecule has 7 aromatic carbocycles. The summed E-state index contributed by atoms with van der Waals surface area (Å²) in [5.41, 5.74) is 7.45. The Labute approximate surface area is 337 Å². The molecule has 0 aliphatic carbocycles. The zero-order valence-corrected chi connectivity index (χ0v) is 32.5. The van der Waals surface area contributed by atoms with Crippen molar-refractivity contribution in [2.45, 2.75) is 0 Å². The predicted octanol–water partition coefficient (Wildman–Crippen LogP) is 10.2. The summed E-state index contributed by atoms with van der Waals surface area (Å²) in [7, 11) is -3.06. The van der Waals surface area contributed by atoms with Gasteiger partial charge in [0.25, 0.3) is 0 Å². The molecule has 0 radical (unpaired) electrons. The molecule has 0 fully saturated rings. The Bertz CT molecular complexity index is 3040. The molecular weight excluding hydrogens is 725 g/mol. The monoisotopic (exact) mass is 760 g/mol. The largest absolute Gasteiger partial charge is 0.457 e. The lowest BCUT2D eigenvalue weighted by molar-refractivity contribution is 0.483. The molecule has 0 saturated carbocycles. The number of hydrogen-bond acceptors (Lipinski definition) is 4. The van der Waals surface area contributed by atoms with Crippen molar-refractivity contribution in [3.8, 4) is 28.4 Å². The fourth-order valence-corrected chi connectivity index (χ4v) is 14.1. The maximum atomic E-state index is 6.82. The van der Waals surface area contributed by atoms with E-state index in [0.29, 0.717) is 0 Å². The Hall–Kier alpha value is -7.54. The Kier molecular flexibility index (Phi) is 8.08. The van der Waals surface area contributed by atoms with Crippen LogP contribution in [0.5, 0.6) is 11.5 Å². The van der Waals surface area contributed by atoms with Gasteiger partial charge in [-0.1, -0.05) is 140 Å². The molecule has 10 aromatic rings. The lowest BCUT2D eigenvalue weighted by atomic mass is 10.1. The molecule has 274 valence electrons. The predicted molar refractivity (Wildman–Crippen MR) is 240 cm³/mol. The minimum Gasteiger partial charge on any atom is -0.457 e. The highest BCUT2D eigenvalue weighted by Gasteiger charge is 2.50. The molecule has 0 spiro atoms. The molecule has 0 saturated heterocycles. The normalized spacial score (nSPS) is 12.9. The van der Waals surface area contributed by atoms with Crippen LogP contribution in [0.1, 0.15) is 0 Å². The number of fused-ring (bicyclic) bond motifs is 6. The summed E-state index contributed by atoms with van der Waals surface area (Å²) in [6.45, 7) is 0. The smallest absolute Gasteiger partial charge is 0.184 e. The number of para-hydroxylation sites is 2. The van der Waals surface area contributed by atoms with Gasteiger partial charge in [0, 0.05) is 40.5 Å². The Morgan fingerprint density at radius 3 is 1.84 bits per heavy atom. The van der Waals surface area contributed by atoms with Crippen LogP contribution < -0.4 is 30.4 Å². The number of ether oxygens (including phenoxy) is 1. The summed E-state index contributed by atoms with van der Waals surface area (Å²) in [5, 5.41) is 7.56. The third-order valence-electron chi connectivity index (χ3n) is 11.4. The topological polar surface area (TPSA) is 43.2 Å². The van der Waals surface area contributed by atoms with Crippen LogP contribution in [-0.2, 0) is 0 Å². The summed E-state index contributed by atoms with van der Waals surface area (Å²) < 4.78 is 9.27. The second kappa shape index (κ2) is 13.9. The first-order chi connectivity index (χ1) is 28.8. The van der Waals surface area contributed by atoms with Gasteiger partial charge in [0.1, 0.15) is 17.3 Å². The van der Waals surface area contributed by atoms with Gasteiger partial charge >= 0.3 is 0 Å². The zero-order chi connectivity index (χ0) is 38.5. The van der Waals surface area contributed by atoms with Gasteiger partial charge < -0.3 is 9.30 Å². The van der Waals surface area contributed by atoms with Crippen molar-refractivity contribution in [3.63, 3.8) is 0 Å². The molecule has 1 aliphatic rings. The van der Waals surface area contributed by atoms with Crippen LogP contribution in [0.2, 0.25) is 0 Å². The van der Waals surface area contributed by atoms with E-state index < -0.39 is 8.07 Å². The van der Waals surface area contributed by atoms with Gasteiger partial charge in [0.2, 0.25) is 0 Å². The number of aromatic nitrogens is 3. The van der Waals surface area contributed by atoms with E-state index in [0.717, 1.165) is 56.7 Å². The number of pyridine rings is 2. The minimum atomic E-state index is -3.06. The molecule has 11 rings (SSSR count). The van der Waals surface area contributed by atoms with Crippen LogP contribution in [0.3, 0.4) is 0 Å². The fourth-order valence-electron chi connectivity index (χ4n) is 9.03. The highest BCUT2D eigenvalue weighted by atomic mass is 28.3. The van der Waals surface area contributed by atoms with Crippen molar-refractivity contribution < 1.29 is 4.74 Å². The quantitative estimate of drug-likeness (QED) is 0.152. The molecule has 1 aliphatic heterocycles. The Balaban J connectivity index is 1.27. The molecule has 4 heterocycles. The van der Waals surface area contributed by atoms with Crippen LogP contribution in [0.25, 0.3) is 38.8 Å². The second-order valence-electron chi connectivity index (χ2n) is 14.6. The van der Waals surface area contributed by atoms with Crippen molar-refractivity contribution >= 4 is 67.8 Å². The van der Waals surface area contributed by atoms with E-state index in [9.17, 15) is 0 Å². The second-order valence-corrected chi connectivity index (χ2v) is 18.3. The molecule has 0 atom stereocenters. The average molecular weight is 761 g/mol. The fraction of sp³-hybridized carbons (Fsp3) is 0. The Morgan fingerprint density at radius 2 is 1.12 bits per heavy atom. The van der Waals surface area contributed by atoms with Crippen LogP contribution >= 0.6 is 0 Å². The molecule has 5 nitrogen and oxygen atoms in total. The van der Waals surface area contributed by atoms with E-state index in [1.165, 1.54) is 31.5 Å². The van der Waals surface area contributed by atoms with Gasteiger partial charge in [-0.05, 0) is 81.4 Å². The Morgan fingerprint density at radius 1 is 0.466 bits per heavy atom. The van der Waals surface area contributed by atoms with Crippen LogP contribution in [0.4, 0.5) is 17.2 Å². The number of hydrogen-bond donors (Lipinski definition) is 0. The van der Waals surface area contributed by atoms with E-state index in [2.05, 4.69) is 184 Å². The third-order valence-corrected chi connectivity index (χ3v) is 16.2. The summed E-state index contributed by atoms with van der Waals surface area (Å²) in [6.07, 6.45) is 3.71. The van der Waals surface area contributed by atoms with Crippen molar-refractivity contribution in [2.75, 3.05) is 4.90 Å². The highest BCUT2D eigenvalue weighted by Crippen LogP contribution is 2.46. The molecule has 0 bridgehead atoms. The molecule has 0 unspecified atom stereocenters. The number of rotatable bonds is 7. The van der Waals surface area contributed by atoms with Crippen molar-refractivity contribution in [3.05, 3.63) is 219 Å². The highest BCUT2D eigenvalue weighted by molar-refractivity contribution is 7.21. The zero-order valence-electron chi connectivity index (χ0n) is 31.5. The minimum absolute atomic E-state index is 0.737. The van der Waals surface area contributed by atoms with Crippen LogP contribution in [-0.4, -0.2) is 22.6 Å². The third kappa shape index (κ3) is 5.30. The SMILES string of the molecule is c1ccc(-n2c3ccccc3c3ccc4c(c32)N(c2ccccn2)c2cc(Oc3cccc(-c5ccccn5)c3)ccc2[Si]4(c2ccccc2)c2ccccc2)cc1. The van der Waals surface area contributed by atoms with Gasteiger partial charge in [-0.15, -0.1) is 0 Å². The molecule has 0 N–H and O–H groups in total. The number of benzene rings is 7. The van der Waals surface area contributed by atoms with Gasteiger partial charge in [-0.2, -0.15) is 0 Å². The molecule has 3 aromatic heterocycles. The van der Waals surface area contributed by atoms with Gasteiger partial charge in [-0.3, -0.25) is 9.88 Å². The van der Waals surface area contributed by atoms with E-state index >= 15 is 0 Å². The first-order valence-electron chi connectivity index (χ1n) is 19.6. The van der Waals surface area contributed by atoms with Crippen molar-refractivity contribution in [1.29, 1.82) is 0 Å². The number of nitrogens with zero attached hydrogens (tertiary/aromatic N) is 4. The molecular formula is C52H36N4OSi. The number of anilines is 3. The van der Waals surface area contributed by atoms with Crippen LogP contribution in [0.15, 0.2) is 219 Å².